The summed E-state index contributed by atoms with van der Waals surface area (Å²) in [7, 11) is 0. The second kappa shape index (κ2) is 24.2. The van der Waals surface area contributed by atoms with Crippen molar-refractivity contribution in [2.24, 2.45) is 11.8 Å². The summed E-state index contributed by atoms with van der Waals surface area (Å²) in [6.45, 7) is 14.3. The minimum absolute atomic E-state index is 0.0380. The number of aliphatic carboxylic acids is 1. The van der Waals surface area contributed by atoms with E-state index >= 15 is 0 Å². The second-order valence-electron chi connectivity index (χ2n) is 15.6. The van der Waals surface area contributed by atoms with Gasteiger partial charge in [-0.05, 0) is 11.8 Å². The number of anilines is 3. The van der Waals surface area contributed by atoms with Gasteiger partial charge >= 0.3 is 5.97 Å². The summed E-state index contributed by atoms with van der Waals surface area (Å²) in [6, 6.07) is -1.12. The lowest BCUT2D eigenvalue weighted by molar-refractivity contribution is -0.138. The van der Waals surface area contributed by atoms with Crippen LogP contribution in [0.25, 0.3) is 0 Å². The van der Waals surface area contributed by atoms with Gasteiger partial charge in [0.2, 0.25) is 29.7 Å². The summed E-state index contributed by atoms with van der Waals surface area (Å²) in [5.41, 5.74) is 1.16. The Morgan fingerprint density at radius 2 is 1.27 bits per heavy atom. The van der Waals surface area contributed by atoms with Gasteiger partial charge in [-0.1, -0.05) is 50.5 Å². The van der Waals surface area contributed by atoms with Crippen LogP contribution in [0.4, 0.5) is 17.8 Å². The molecule has 22 heteroatoms. The Bertz CT molecular complexity index is 1900. The highest BCUT2D eigenvalue weighted by Gasteiger charge is 2.35. The van der Waals surface area contributed by atoms with E-state index in [0.717, 1.165) is 6.42 Å². The Hall–Kier alpha value is -5.50. The van der Waals surface area contributed by atoms with Crippen molar-refractivity contribution in [2.45, 2.75) is 65.5 Å². The lowest BCUT2D eigenvalue weighted by Gasteiger charge is -2.38. The molecular formula is C40H62N14O8. The van der Waals surface area contributed by atoms with E-state index in [1.54, 1.807) is 21.8 Å². The number of piperazine rings is 2. The number of rotatable bonds is 25. The average molecular weight is 867 g/mol. The van der Waals surface area contributed by atoms with E-state index in [1.165, 1.54) is 0 Å². The molecule has 0 bridgehead atoms. The van der Waals surface area contributed by atoms with Crippen molar-refractivity contribution in [3.05, 3.63) is 23.8 Å². The lowest BCUT2D eigenvalue weighted by Crippen LogP contribution is -2.52. The van der Waals surface area contributed by atoms with Gasteiger partial charge in [0.1, 0.15) is 18.7 Å². The first-order valence-corrected chi connectivity index (χ1v) is 21.4. The van der Waals surface area contributed by atoms with Crippen molar-refractivity contribution in [3.8, 4) is 12.3 Å². The molecule has 0 unspecified atom stereocenters. The summed E-state index contributed by atoms with van der Waals surface area (Å²) in [6.07, 6.45) is 9.86. The third-order valence-corrected chi connectivity index (χ3v) is 10.8. The summed E-state index contributed by atoms with van der Waals surface area (Å²) in [4.78, 5) is 61.3. The molecule has 22 nitrogen and oxygen atoms in total. The summed E-state index contributed by atoms with van der Waals surface area (Å²) in [5, 5.41) is 38.5. The summed E-state index contributed by atoms with van der Waals surface area (Å²) in [5.74, 6) is 2.60. The SMILES string of the molecule is C#CCOCCOCCOCCNc1nc(N2CCN(C(=O)[C@H](C(C)C)n3cc(CCO)nn3)CC2)nc(N2CCN(C(=O)[C@H]([C@@H](C)CC)n3cc(CCC(=O)O)nn3)CC2)n1. The molecule has 2 amide bonds. The molecule has 0 spiro atoms. The van der Waals surface area contributed by atoms with E-state index in [-0.39, 0.29) is 49.7 Å². The van der Waals surface area contributed by atoms with Crippen LogP contribution in [0.3, 0.4) is 0 Å². The minimum Gasteiger partial charge on any atom is -0.481 e. The van der Waals surface area contributed by atoms with Crippen molar-refractivity contribution < 1.29 is 38.8 Å². The predicted octanol–water partition coefficient (Wildman–Crippen LogP) is 0.183. The van der Waals surface area contributed by atoms with Crippen molar-refractivity contribution in [1.29, 1.82) is 0 Å². The number of amides is 2. The number of carbonyl (C=O) groups is 3. The number of aliphatic hydroxyl groups is 1. The Labute approximate surface area is 362 Å². The topological polar surface area (TPSA) is 244 Å². The fraction of sp³-hybridized carbons (Fsp3) is 0.700. The fourth-order valence-electron chi connectivity index (χ4n) is 7.17. The van der Waals surface area contributed by atoms with E-state index in [2.05, 4.69) is 31.9 Å². The number of aliphatic hydroxyl groups excluding tert-OH is 1. The van der Waals surface area contributed by atoms with Crippen LogP contribution in [0, 0.1) is 24.2 Å². The van der Waals surface area contributed by atoms with E-state index in [0.29, 0.717) is 128 Å². The van der Waals surface area contributed by atoms with E-state index < -0.39 is 18.1 Å². The molecule has 0 aromatic carbocycles. The predicted molar refractivity (Wildman–Crippen MR) is 226 cm³/mol. The highest BCUT2D eigenvalue weighted by atomic mass is 16.5. The van der Waals surface area contributed by atoms with E-state index in [4.69, 9.17) is 40.7 Å². The number of aryl methyl sites for hydroxylation is 1. The smallest absolute Gasteiger partial charge is 0.303 e. The highest BCUT2D eigenvalue weighted by molar-refractivity contribution is 5.81. The zero-order valence-electron chi connectivity index (χ0n) is 36.3. The molecule has 3 aromatic rings. The molecule has 2 saturated heterocycles. The number of hydrogen-bond donors (Lipinski definition) is 3. The van der Waals surface area contributed by atoms with Crippen molar-refractivity contribution in [3.63, 3.8) is 0 Å². The third-order valence-electron chi connectivity index (χ3n) is 10.8. The maximum atomic E-state index is 14.1. The first-order valence-electron chi connectivity index (χ1n) is 21.4. The minimum atomic E-state index is -0.921. The summed E-state index contributed by atoms with van der Waals surface area (Å²) >= 11 is 0. The van der Waals surface area contributed by atoms with Gasteiger partial charge < -0.3 is 49.3 Å². The molecule has 2 aliphatic heterocycles. The molecule has 0 aliphatic carbocycles. The van der Waals surface area contributed by atoms with Gasteiger partial charge in [-0.25, -0.2) is 9.36 Å². The van der Waals surface area contributed by atoms with Crippen LogP contribution in [-0.2, 0) is 41.4 Å². The molecule has 62 heavy (non-hydrogen) atoms. The zero-order chi connectivity index (χ0) is 44.4. The number of hydrogen-bond acceptors (Lipinski definition) is 17. The molecule has 3 aromatic heterocycles. The number of carboxylic acids is 1. The van der Waals surface area contributed by atoms with Gasteiger partial charge in [-0.3, -0.25) is 14.4 Å². The largest absolute Gasteiger partial charge is 0.481 e. The number of aromatic nitrogens is 9. The van der Waals surface area contributed by atoms with Gasteiger partial charge in [0.25, 0.3) is 0 Å². The number of ether oxygens (including phenoxy) is 3. The first-order chi connectivity index (χ1) is 30.0. The van der Waals surface area contributed by atoms with Crippen LogP contribution < -0.4 is 15.1 Å². The number of nitrogens with one attached hydrogen (secondary N) is 1. The number of terminal acetylenes is 1. The van der Waals surface area contributed by atoms with Gasteiger partial charge in [0.15, 0.2) is 0 Å². The van der Waals surface area contributed by atoms with E-state index in [9.17, 15) is 19.5 Å². The molecule has 340 valence electrons. The maximum Gasteiger partial charge on any atom is 0.303 e. The molecule has 2 aliphatic rings. The first kappa shape index (κ1) is 47.5. The molecule has 3 atom stereocenters. The molecule has 0 radical (unpaired) electrons. The van der Waals surface area contributed by atoms with Crippen LogP contribution >= 0.6 is 0 Å². The number of carboxylic acid groups (broad SMARTS) is 1. The number of carbonyl (C=O) groups excluding carboxylic acids is 2. The van der Waals surface area contributed by atoms with Crippen LogP contribution in [0.15, 0.2) is 12.4 Å². The third kappa shape index (κ3) is 13.5. The van der Waals surface area contributed by atoms with Gasteiger partial charge in [-0.15, -0.1) is 16.6 Å². The van der Waals surface area contributed by atoms with Gasteiger partial charge in [-0.2, -0.15) is 15.0 Å². The number of nitrogens with zero attached hydrogens (tertiary/aromatic N) is 13. The van der Waals surface area contributed by atoms with Crippen LogP contribution in [-0.4, -0.2) is 188 Å². The van der Waals surface area contributed by atoms with Gasteiger partial charge in [0, 0.05) is 90.7 Å². The van der Waals surface area contributed by atoms with Crippen molar-refractivity contribution in [1.82, 2.24) is 54.7 Å². The monoisotopic (exact) mass is 866 g/mol. The van der Waals surface area contributed by atoms with E-state index in [1.807, 2.05) is 47.3 Å². The molecular weight excluding hydrogens is 805 g/mol. The Morgan fingerprint density at radius 1 is 0.758 bits per heavy atom. The molecule has 2 fully saturated rings. The van der Waals surface area contributed by atoms with Crippen LogP contribution in [0.2, 0.25) is 0 Å². The molecule has 0 saturated carbocycles. The Balaban J connectivity index is 1.24. The fourth-order valence-corrected chi connectivity index (χ4v) is 7.17. The van der Waals surface area contributed by atoms with Gasteiger partial charge in [0.05, 0.1) is 50.8 Å². The molecule has 5 rings (SSSR count). The zero-order valence-corrected chi connectivity index (χ0v) is 36.3. The normalized spacial score (nSPS) is 16.0. The Morgan fingerprint density at radius 3 is 1.79 bits per heavy atom. The standard InChI is InChI=1S/C40H62N14O8/c1-6-21-60-23-25-62-26-24-61-22-11-41-38-42-39(51-16-12-49(13-17-51)36(58)34(29(3)4)53-28-32(10-20-55)46-47-53)44-40(43-38)52-18-14-50(15-19-52)37(59)35(30(5)7-2)54-27-31(45-48-54)8-9-33(56)57/h1,27-30,34-35,55H,7-26H2,2-5H3,(H,56,57)(H,41,42,43,44)/t30-,34-,35-/m0/s1. The van der Waals surface area contributed by atoms with Crippen LogP contribution in [0.5, 0.6) is 0 Å². The molecule has 5 heterocycles. The van der Waals surface area contributed by atoms with Crippen molar-refractivity contribution >= 4 is 35.6 Å². The van der Waals surface area contributed by atoms with Crippen molar-refractivity contribution in [2.75, 3.05) is 120 Å². The Kier molecular flexibility index (Phi) is 18.6. The second-order valence-corrected chi connectivity index (χ2v) is 15.6. The summed E-state index contributed by atoms with van der Waals surface area (Å²) < 4.78 is 19.6. The lowest BCUT2D eigenvalue weighted by atomic mass is 9.97. The average Bonchev–Trinajstić information content (AvgIpc) is 3.94. The quantitative estimate of drug-likeness (QED) is 0.0760. The highest BCUT2D eigenvalue weighted by Crippen LogP contribution is 2.26. The van der Waals surface area contributed by atoms with Crippen LogP contribution in [0.1, 0.15) is 64.0 Å². The molecule has 3 N–H and O–H groups in total. The maximum absolute atomic E-state index is 14.1.